The van der Waals surface area contributed by atoms with Crippen molar-refractivity contribution < 1.29 is 28.0 Å². The third kappa shape index (κ3) is 3.52. The van der Waals surface area contributed by atoms with Crippen LogP contribution in [0.4, 0.5) is 11.4 Å². The molecule has 10 nitrogen and oxygen atoms in total. The second-order valence-electron chi connectivity index (χ2n) is 10.8. The molecule has 0 N–H and O–H groups in total. The molecule has 1 amide bonds. The van der Waals surface area contributed by atoms with E-state index in [-0.39, 0.29) is 11.7 Å². The number of carbonyl (C=O) groups is 2. The van der Waals surface area contributed by atoms with E-state index in [9.17, 15) is 9.59 Å². The highest BCUT2D eigenvalue weighted by Crippen LogP contribution is 2.47. The van der Waals surface area contributed by atoms with E-state index in [0.29, 0.717) is 67.6 Å². The number of benzene rings is 2. The summed E-state index contributed by atoms with van der Waals surface area (Å²) in [6.07, 6.45) is 3.02. The van der Waals surface area contributed by atoms with Gasteiger partial charge in [-0.15, -0.1) is 0 Å². The van der Waals surface area contributed by atoms with E-state index in [1.807, 2.05) is 24.3 Å². The van der Waals surface area contributed by atoms with Crippen molar-refractivity contribution in [1.29, 1.82) is 0 Å². The summed E-state index contributed by atoms with van der Waals surface area (Å²) in [5, 5.41) is 5.29. The molecule has 10 heteroatoms. The van der Waals surface area contributed by atoms with E-state index in [1.54, 1.807) is 17.0 Å². The minimum atomic E-state index is -0.495. The fourth-order valence-corrected chi connectivity index (χ4v) is 6.59. The van der Waals surface area contributed by atoms with Crippen molar-refractivity contribution >= 4 is 34.0 Å². The van der Waals surface area contributed by atoms with Gasteiger partial charge in [0.15, 0.2) is 23.1 Å². The average Bonchev–Trinajstić information content (AvgIpc) is 3.78. The number of ketones is 1. The zero-order valence-corrected chi connectivity index (χ0v) is 21.9. The number of carbonyl (C=O) groups excluding carboxylic acids is 2. The van der Waals surface area contributed by atoms with Crippen LogP contribution in [0.3, 0.4) is 0 Å². The molecule has 3 fully saturated rings. The van der Waals surface area contributed by atoms with Crippen LogP contribution in [0.2, 0.25) is 0 Å². The van der Waals surface area contributed by atoms with Gasteiger partial charge in [0.1, 0.15) is 5.52 Å². The summed E-state index contributed by atoms with van der Waals surface area (Å²) in [6.45, 7) is 4.97. The predicted molar refractivity (Wildman–Crippen MR) is 146 cm³/mol. The molecule has 8 rings (SSSR count). The maximum atomic E-state index is 14.0. The number of hydrogen-bond acceptors (Lipinski definition) is 9. The summed E-state index contributed by atoms with van der Waals surface area (Å²) < 4.78 is 23.2. The highest BCUT2D eigenvalue weighted by Gasteiger charge is 2.42. The molecule has 0 bridgehead atoms. The molecule has 3 aliphatic heterocycles. The molecule has 40 heavy (non-hydrogen) atoms. The molecule has 204 valence electrons. The average molecular weight is 541 g/mol. The third-order valence-electron chi connectivity index (χ3n) is 8.68. The molecule has 4 aromatic rings. The van der Waals surface area contributed by atoms with Gasteiger partial charge in [-0.25, -0.2) is 0 Å². The van der Waals surface area contributed by atoms with Crippen molar-refractivity contribution in [3.63, 3.8) is 0 Å². The molecule has 0 atom stereocenters. The lowest BCUT2D eigenvalue weighted by Gasteiger charge is -2.40. The van der Waals surface area contributed by atoms with Crippen LogP contribution in [0, 0.1) is 0 Å². The molecule has 0 radical (unpaired) electrons. The molecule has 1 aliphatic carbocycles. The smallest absolute Gasteiger partial charge is 0.289 e. The Morgan fingerprint density at radius 2 is 1.57 bits per heavy atom. The normalized spacial score (nSPS) is 20.0. The second kappa shape index (κ2) is 8.94. The van der Waals surface area contributed by atoms with E-state index in [2.05, 4.69) is 21.0 Å². The molecule has 4 aliphatic rings. The number of aromatic nitrogens is 1. The lowest BCUT2D eigenvalue weighted by atomic mass is 9.85. The first-order valence-corrected chi connectivity index (χ1v) is 13.8. The molecule has 1 spiro atoms. The van der Waals surface area contributed by atoms with Crippen LogP contribution < -0.4 is 9.80 Å². The third-order valence-corrected chi connectivity index (χ3v) is 8.68. The number of hydrogen-bond donors (Lipinski definition) is 0. The summed E-state index contributed by atoms with van der Waals surface area (Å²) >= 11 is 0. The molecule has 2 aromatic heterocycles. The summed E-state index contributed by atoms with van der Waals surface area (Å²) in [5.74, 6) is 0.325. The number of nitrogens with zero attached hydrogens (tertiary/aromatic N) is 4. The molecule has 0 saturated carbocycles. The minimum absolute atomic E-state index is 0.0303. The Kier molecular flexibility index (Phi) is 5.30. The minimum Gasteiger partial charge on any atom is -0.459 e. The Bertz CT molecular complexity index is 1620. The fraction of sp³-hybridized carbons (Fsp3) is 0.367. The van der Waals surface area contributed by atoms with Gasteiger partial charge in [-0.3, -0.25) is 9.59 Å². The first-order valence-electron chi connectivity index (χ1n) is 13.8. The van der Waals surface area contributed by atoms with E-state index in [1.165, 1.54) is 6.26 Å². The number of piperazine rings is 1. The summed E-state index contributed by atoms with van der Waals surface area (Å²) in [7, 11) is 0. The lowest BCUT2D eigenvalue weighted by molar-refractivity contribution is -0.169. The molecular formula is C30H28N4O6. The summed E-state index contributed by atoms with van der Waals surface area (Å²) in [5.41, 5.74) is 4.50. The van der Waals surface area contributed by atoms with Crippen molar-refractivity contribution in [2.45, 2.75) is 18.6 Å². The molecule has 3 saturated heterocycles. The number of rotatable bonds is 3. The summed E-state index contributed by atoms with van der Waals surface area (Å²) in [6, 6.07) is 13.1. The summed E-state index contributed by atoms with van der Waals surface area (Å²) in [4.78, 5) is 33.2. The lowest BCUT2D eigenvalue weighted by Crippen LogP contribution is -2.49. The first kappa shape index (κ1) is 23.7. The SMILES string of the molecule is O=C1c2ccccc2-c2onc3c(N4CCC5(CC4)OCCO5)cc(N4CCN(C(=O)c5ccco5)CC4)c1c23. The zero-order chi connectivity index (χ0) is 26.8. The number of ether oxygens (including phenoxy) is 2. The van der Waals surface area contributed by atoms with Gasteiger partial charge in [-0.05, 0) is 18.2 Å². The zero-order valence-electron chi connectivity index (χ0n) is 21.9. The molecular weight excluding hydrogens is 512 g/mol. The largest absolute Gasteiger partial charge is 0.459 e. The van der Waals surface area contributed by atoms with Crippen LogP contribution in [0.5, 0.6) is 0 Å². The maximum Gasteiger partial charge on any atom is 0.289 e. The van der Waals surface area contributed by atoms with Crippen LogP contribution in [-0.4, -0.2) is 80.0 Å². The molecule has 0 unspecified atom stereocenters. The van der Waals surface area contributed by atoms with Crippen LogP contribution in [0.1, 0.15) is 39.3 Å². The monoisotopic (exact) mass is 540 g/mol. The van der Waals surface area contributed by atoms with E-state index >= 15 is 0 Å². The van der Waals surface area contributed by atoms with Crippen LogP contribution in [0.15, 0.2) is 57.7 Å². The van der Waals surface area contributed by atoms with Crippen LogP contribution in [0.25, 0.3) is 22.2 Å². The Morgan fingerprint density at radius 3 is 2.30 bits per heavy atom. The van der Waals surface area contributed by atoms with Crippen molar-refractivity contribution in [2.24, 2.45) is 0 Å². The number of piperidine rings is 1. The van der Waals surface area contributed by atoms with Crippen molar-refractivity contribution in [1.82, 2.24) is 10.1 Å². The number of furan rings is 1. The van der Waals surface area contributed by atoms with Crippen LogP contribution in [-0.2, 0) is 9.47 Å². The van der Waals surface area contributed by atoms with Gasteiger partial charge >= 0.3 is 0 Å². The topological polar surface area (TPSA) is 101 Å². The Morgan fingerprint density at radius 1 is 0.850 bits per heavy atom. The van der Waals surface area contributed by atoms with Gasteiger partial charge in [0.2, 0.25) is 0 Å². The van der Waals surface area contributed by atoms with E-state index in [0.717, 1.165) is 48.3 Å². The quantitative estimate of drug-likeness (QED) is 0.337. The van der Waals surface area contributed by atoms with Gasteiger partial charge in [-0.1, -0.05) is 29.4 Å². The van der Waals surface area contributed by atoms with Crippen molar-refractivity contribution in [2.75, 3.05) is 62.3 Å². The highest BCUT2D eigenvalue weighted by atomic mass is 16.7. The fourth-order valence-electron chi connectivity index (χ4n) is 6.59. The Balaban J connectivity index is 1.19. The van der Waals surface area contributed by atoms with Gasteiger partial charge in [0, 0.05) is 63.2 Å². The number of anilines is 2. The number of amides is 1. The first-order chi connectivity index (χ1) is 19.6. The predicted octanol–water partition coefficient (Wildman–Crippen LogP) is 3.94. The van der Waals surface area contributed by atoms with Gasteiger partial charge in [-0.2, -0.15) is 0 Å². The maximum absolute atomic E-state index is 14.0. The molecule has 5 heterocycles. The Hall–Kier alpha value is -4.15. The van der Waals surface area contributed by atoms with Gasteiger partial charge < -0.3 is 33.1 Å². The van der Waals surface area contributed by atoms with Gasteiger partial charge in [0.25, 0.3) is 5.91 Å². The highest BCUT2D eigenvalue weighted by molar-refractivity contribution is 6.28. The molecule has 2 aromatic carbocycles. The number of fused-ring (bicyclic) bond motifs is 2. The van der Waals surface area contributed by atoms with Crippen molar-refractivity contribution in [3.8, 4) is 11.3 Å². The second-order valence-corrected chi connectivity index (χ2v) is 10.8. The van der Waals surface area contributed by atoms with E-state index in [4.69, 9.17) is 18.4 Å². The van der Waals surface area contributed by atoms with Gasteiger partial charge in [0.05, 0.1) is 41.8 Å². The van der Waals surface area contributed by atoms with E-state index < -0.39 is 5.79 Å². The Labute approximate surface area is 230 Å². The standard InChI is InChI=1S/C30H28N4O6/c35-27-19-4-1-2-5-20(19)28-25-24(27)21(33-11-13-34(14-12-33)29(36)23-6-3-15-37-23)18-22(26(25)31-40-28)32-9-7-30(8-10-32)38-16-17-39-30/h1-6,15,18H,7-14,16-17H2. The van der Waals surface area contributed by atoms with Crippen molar-refractivity contribution in [3.05, 3.63) is 65.6 Å². The van der Waals surface area contributed by atoms with Crippen LogP contribution >= 0.6 is 0 Å².